The number of thiophene rings is 1. The topological polar surface area (TPSA) is 37.0 Å². The monoisotopic (exact) mass is 415 g/mol. The number of piperazine rings is 1. The van der Waals surface area contributed by atoms with Crippen molar-refractivity contribution in [3.63, 3.8) is 0 Å². The van der Waals surface area contributed by atoms with E-state index >= 15 is 0 Å². The van der Waals surface area contributed by atoms with Gasteiger partial charge in [0.1, 0.15) is 17.6 Å². The molecule has 0 bridgehead atoms. The quantitative estimate of drug-likeness (QED) is 0.714. The standard InChI is InChI=1S/C23H33N3O2S/c1-4-27-21-13-18-12-17(2)28-22(18)14-19(21)15-24-16-20(23-6-5-11-29-23)26-9-7-25(3)8-10-26/h5-6,11,13-14,17,20,24H,4,7-10,12,15-16H2,1-3H3/t17-,20-/m0/s1. The molecule has 0 unspecified atom stereocenters. The molecule has 1 fully saturated rings. The normalized spacial score (nSPS) is 21.0. The predicted octanol–water partition coefficient (Wildman–Crippen LogP) is 3.55. The SMILES string of the molecule is CCOc1cc2c(cc1CNC[C@@H](c1cccs1)N1CCN(C)CC1)O[C@@H](C)C2. The smallest absolute Gasteiger partial charge is 0.124 e. The van der Waals surface area contributed by atoms with E-state index in [-0.39, 0.29) is 6.10 Å². The highest BCUT2D eigenvalue weighted by molar-refractivity contribution is 7.10. The molecule has 29 heavy (non-hydrogen) atoms. The van der Waals surface area contributed by atoms with Crippen LogP contribution in [0.25, 0.3) is 0 Å². The molecule has 1 saturated heterocycles. The van der Waals surface area contributed by atoms with Crippen molar-refractivity contribution in [3.05, 3.63) is 45.6 Å². The first kappa shape index (κ1) is 20.7. The molecule has 5 nitrogen and oxygen atoms in total. The summed E-state index contributed by atoms with van der Waals surface area (Å²) in [6.07, 6.45) is 1.22. The molecule has 2 aliphatic heterocycles. The third-order valence-corrected chi connectivity index (χ3v) is 6.86. The van der Waals surface area contributed by atoms with Crippen molar-refractivity contribution in [2.24, 2.45) is 0 Å². The zero-order chi connectivity index (χ0) is 20.2. The molecule has 1 aromatic carbocycles. The number of fused-ring (bicyclic) bond motifs is 1. The Labute approximate surface area is 178 Å². The summed E-state index contributed by atoms with van der Waals surface area (Å²) in [5.41, 5.74) is 2.45. The number of nitrogens with zero attached hydrogens (tertiary/aromatic N) is 2. The minimum Gasteiger partial charge on any atom is -0.494 e. The van der Waals surface area contributed by atoms with Crippen molar-refractivity contribution in [2.45, 2.75) is 39.0 Å². The Morgan fingerprint density at radius 2 is 2.10 bits per heavy atom. The average Bonchev–Trinajstić information content (AvgIpc) is 3.35. The molecule has 6 heteroatoms. The lowest BCUT2D eigenvalue weighted by Gasteiger charge is -2.37. The second kappa shape index (κ2) is 9.47. The van der Waals surface area contributed by atoms with Gasteiger partial charge in [-0.2, -0.15) is 0 Å². The molecular formula is C23H33N3O2S. The van der Waals surface area contributed by atoms with Crippen molar-refractivity contribution >= 4 is 11.3 Å². The molecule has 4 rings (SSSR count). The van der Waals surface area contributed by atoms with Crippen LogP contribution in [-0.2, 0) is 13.0 Å². The highest BCUT2D eigenvalue weighted by atomic mass is 32.1. The summed E-state index contributed by atoms with van der Waals surface area (Å²) in [6, 6.07) is 9.20. The first-order chi connectivity index (χ1) is 14.1. The third kappa shape index (κ3) is 4.94. The second-order valence-corrected chi connectivity index (χ2v) is 9.11. The number of likely N-dealkylation sites (N-methyl/N-ethyl adjacent to an activating group) is 1. The molecule has 158 valence electrons. The van der Waals surface area contributed by atoms with Gasteiger partial charge in [0.25, 0.3) is 0 Å². The molecule has 0 aliphatic carbocycles. The van der Waals surface area contributed by atoms with E-state index < -0.39 is 0 Å². The highest BCUT2D eigenvalue weighted by Crippen LogP contribution is 2.35. The minimum atomic E-state index is 0.253. The van der Waals surface area contributed by atoms with E-state index in [1.807, 2.05) is 18.3 Å². The summed E-state index contributed by atoms with van der Waals surface area (Å²) in [6.45, 7) is 11.1. The molecule has 1 N–H and O–H groups in total. The fraction of sp³-hybridized carbons (Fsp3) is 0.565. The number of rotatable bonds is 8. The number of hydrogen-bond donors (Lipinski definition) is 1. The van der Waals surface area contributed by atoms with Crippen molar-refractivity contribution in [2.75, 3.05) is 46.4 Å². The van der Waals surface area contributed by atoms with Gasteiger partial charge in [-0.1, -0.05) is 6.07 Å². The molecule has 2 aliphatic rings. The highest BCUT2D eigenvalue weighted by Gasteiger charge is 2.25. The van der Waals surface area contributed by atoms with Gasteiger partial charge in [0.05, 0.1) is 12.6 Å². The van der Waals surface area contributed by atoms with Crippen LogP contribution in [0.3, 0.4) is 0 Å². The van der Waals surface area contributed by atoms with Crippen molar-refractivity contribution < 1.29 is 9.47 Å². The molecule has 1 aromatic heterocycles. The molecule has 3 heterocycles. The predicted molar refractivity (Wildman–Crippen MR) is 119 cm³/mol. The number of ether oxygens (including phenoxy) is 2. The molecular weight excluding hydrogens is 382 g/mol. The van der Waals surface area contributed by atoms with E-state index in [1.165, 1.54) is 16.0 Å². The van der Waals surface area contributed by atoms with Crippen LogP contribution in [0.4, 0.5) is 0 Å². The lowest BCUT2D eigenvalue weighted by atomic mass is 10.1. The van der Waals surface area contributed by atoms with E-state index in [9.17, 15) is 0 Å². The van der Waals surface area contributed by atoms with Crippen LogP contribution in [0.2, 0.25) is 0 Å². The molecule has 0 amide bonds. The maximum absolute atomic E-state index is 5.98. The maximum atomic E-state index is 5.98. The first-order valence-corrected chi connectivity index (χ1v) is 11.6. The Morgan fingerprint density at radius 1 is 1.28 bits per heavy atom. The average molecular weight is 416 g/mol. The van der Waals surface area contributed by atoms with E-state index in [2.05, 4.69) is 58.7 Å². The molecule has 0 saturated carbocycles. The van der Waals surface area contributed by atoms with Crippen LogP contribution in [0, 0.1) is 0 Å². The Balaban J connectivity index is 1.44. The van der Waals surface area contributed by atoms with Gasteiger partial charge in [-0.05, 0) is 44.5 Å². The summed E-state index contributed by atoms with van der Waals surface area (Å²) in [4.78, 5) is 6.48. The fourth-order valence-corrected chi connectivity index (χ4v) is 5.14. The zero-order valence-corrected chi connectivity index (χ0v) is 18.6. The van der Waals surface area contributed by atoms with Crippen molar-refractivity contribution in [1.29, 1.82) is 0 Å². The van der Waals surface area contributed by atoms with Gasteiger partial charge >= 0.3 is 0 Å². The Kier molecular flexibility index (Phi) is 6.75. The van der Waals surface area contributed by atoms with Crippen LogP contribution in [0.1, 0.15) is 35.9 Å². The van der Waals surface area contributed by atoms with Crippen LogP contribution < -0.4 is 14.8 Å². The van der Waals surface area contributed by atoms with E-state index in [4.69, 9.17) is 9.47 Å². The first-order valence-electron chi connectivity index (χ1n) is 10.8. The largest absolute Gasteiger partial charge is 0.494 e. The fourth-order valence-electron chi connectivity index (χ4n) is 4.28. The van der Waals surface area contributed by atoms with E-state index in [0.29, 0.717) is 12.6 Å². The molecule has 2 atom stereocenters. The molecule has 0 radical (unpaired) electrons. The van der Waals surface area contributed by atoms with Gasteiger partial charge in [-0.25, -0.2) is 0 Å². The number of hydrogen-bond acceptors (Lipinski definition) is 6. The Bertz CT molecular complexity index is 788. The Hall–Kier alpha value is -1.60. The molecule has 0 spiro atoms. The van der Waals surface area contributed by atoms with Crippen LogP contribution >= 0.6 is 11.3 Å². The van der Waals surface area contributed by atoms with Crippen LogP contribution in [0.15, 0.2) is 29.6 Å². The minimum absolute atomic E-state index is 0.253. The van der Waals surface area contributed by atoms with Crippen molar-refractivity contribution in [3.8, 4) is 11.5 Å². The number of benzene rings is 1. The van der Waals surface area contributed by atoms with E-state index in [1.54, 1.807) is 0 Å². The van der Waals surface area contributed by atoms with Gasteiger partial charge in [-0.3, -0.25) is 4.90 Å². The van der Waals surface area contributed by atoms with Gasteiger partial charge in [0.15, 0.2) is 0 Å². The van der Waals surface area contributed by atoms with Gasteiger partial charge in [0, 0.05) is 61.7 Å². The summed E-state index contributed by atoms with van der Waals surface area (Å²) in [7, 11) is 2.21. The summed E-state index contributed by atoms with van der Waals surface area (Å²) < 4.78 is 11.9. The van der Waals surface area contributed by atoms with Crippen LogP contribution in [-0.4, -0.2) is 62.3 Å². The van der Waals surface area contributed by atoms with E-state index in [0.717, 1.165) is 57.2 Å². The van der Waals surface area contributed by atoms with Gasteiger partial charge in [0.2, 0.25) is 0 Å². The maximum Gasteiger partial charge on any atom is 0.124 e. The van der Waals surface area contributed by atoms with Gasteiger partial charge in [-0.15, -0.1) is 11.3 Å². The summed E-state index contributed by atoms with van der Waals surface area (Å²) >= 11 is 1.86. The lowest BCUT2D eigenvalue weighted by Crippen LogP contribution is -2.47. The van der Waals surface area contributed by atoms with Gasteiger partial charge < -0.3 is 19.7 Å². The second-order valence-electron chi connectivity index (χ2n) is 8.13. The summed E-state index contributed by atoms with van der Waals surface area (Å²) in [5, 5.41) is 5.90. The van der Waals surface area contributed by atoms with Crippen molar-refractivity contribution in [1.82, 2.24) is 15.1 Å². The zero-order valence-electron chi connectivity index (χ0n) is 17.8. The number of nitrogens with one attached hydrogen (secondary N) is 1. The Morgan fingerprint density at radius 3 is 2.83 bits per heavy atom. The molecule has 2 aromatic rings. The third-order valence-electron chi connectivity index (χ3n) is 5.88. The van der Waals surface area contributed by atoms with Crippen LogP contribution in [0.5, 0.6) is 11.5 Å². The summed E-state index contributed by atoms with van der Waals surface area (Å²) in [5.74, 6) is 2.01. The lowest BCUT2D eigenvalue weighted by molar-refractivity contribution is 0.111.